The highest BCUT2D eigenvalue weighted by Crippen LogP contribution is 2.64. The van der Waals surface area contributed by atoms with Crippen LogP contribution >= 0.6 is 0 Å². The van der Waals surface area contributed by atoms with Crippen LogP contribution in [0, 0.1) is 5.41 Å². The molecule has 0 aromatic heterocycles. The monoisotopic (exact) mass is 523 g/mol. The number of likely N-dealkylation sites (N-methyl/N-ethyl adjacent to an activating group) is 2. The Balaban J connectivity index is 1.65. The van der Waals surface area contributed by atoms with Crippen molar-refractivity contribution in [2.24, 2.45) is 5.41 Å². The average molecular weight is 524 g/mol. The molecular formula is C32H33N3O4. The molecule has 3 aromatic carbocycles. The Labute approximate surface area is 229 Å². The highest BCUT2D eigenvalue weighted by molar-refractivity contribution is 6.15. The summed E-state index contributed by atoms with van der Waals surface area (Å²) >= 11 is 0. The van der Waals surface area contributed by atoms with E-state index in [4.69, 9.17) is 9.47 Å². The lowest BCUT2D eigenvalue weighted by Crippen LogP contribution is -2.65. The van der Waals surface area contributed by atoms with Crippen LogP contribution in [0.5, 0.6) is 11.5 Å². The number of Topliss-reactive ketones (excluding diaryl/α,β-unsaturated/α-hetero) is 1. The summed E-state index contributed by atoms with van der Waals surface area (Å²) in [5, 5.41) is 3.13. The van der Waals surface area contributed by atoms with Gasteiger partial charge in [-0.05, 0) is 43.9 Å². The van der Waals surface area contributed by atoms with Crippen molar-refractivity contribution in [1.82, 2.24) is 9.80 Å². The number of carbonyl (C=O) groups is 2. The second-order valence-electron chi connectivity index (χ2n) is 10.8. The van der Waals surface area contributed by atoms with Gasteiger partial charge in [-0.15, -0.1) is 0 Å². The van der Waals surface area contributed by atoms with E-state index in [1.165, 1.54) is 0 Å². The van der Waals surface area contributed by atoms with Crippen molar-refractivity contribution >= 4 is 23.5 Å². The van der Waals surface area contributed by atoms with Crippen LogP contribution in [-0.4, -0.2) is 69.4 Å². The molecule has 0 bridgehead atoms. The van der Waals surface area contributed by atoms with Crippen LogP contribution in [0.25, 0.3) is 6.08 Å². The molecule has 0 saturated carbocycles. The largest absolute Gasteiger partial charge is 0.496 e. The first kappa shape index (κ1) is 25.3. The number of hydrogen-bond acceptors (Lipinski definition) is 6. The fourth-order valence-electron chi connectivity index (χ4n) is 7.38. The van der Waals surface area contributed by atoms with Gasteiger partial charge in [-0.1, -0.05) is 54.6 Å². The maximum absolute atomic E-state index is 15.2. The molecule has 3 atom stereocenters. The molecule has 3 aliphatic heterocycles. The average Bonchev–Trinajstić information content (AvgIpc) is 3.39. The van der Waals surface area contributed by atoms with Crippen LogP contribution in [0.1, 0.15) is 22.6 Å². The first-order valence-electron chi connectivity index (χ1n) is 13.2. The lowest BCUT2D eigenvalue weighted by atomic mass is 9.56. The SMILES string of the molecule is COc1ccccc1/C=C1\CN(C)C[C@@]2(C1=O)[C@@H](c1ccccc1OC)CN(C)[C@@]21C(=O)Nc2ccccc21. The van der Waals surface area contributed by atoms with Gasteiger partial charge in [0.15, 0.2) is 5.78 Å². The number of amides is 1. The number of para-hydroxylation sites is 3. The Morgan fingerprint density at radius 1 is 0.897 bits per heavy atom. The van der Waals surface area contributed by atoms with Crippen molar-refractivity contribution in [2.75, 3.05) is 53.3 Å². The summed E-state index contributed by atoms with van der Waals surface area (Å²) in [5.41, 5.74) is 1.70. The van der Waals surface area contributed by atoms with Crippen LogP contribution in [-0.2, 0) is 15.1 Å². The fraction of sp³-hybridized carbons (Fsp3) is 0.312. The van der Waals surface area contributed by atoms with Crippen molar-refractivity contribution in [2.45, 2.75) is 11.5 Å². The number of likely N-dealkylation sites (tertiary alicyclic amines) is 2. The number of methoxy groups -OCH3 is 2. The van der Waals surface area contributed by atoms with Crippen molar-refractivity contribution in [3.05, 3.63) is 95.1 Å². The van der Waals surface area contributed by atoms with Gasteiger partial charge in [0.25, 0.3) is 5.91 Å². The second-order valence-corrected chi connectivity index (χ2v) is 10.8. The topological polar surface area (TPSA) is 71.1 Å². The van der Waals surface area contributed by atoms with E-state index >= 15 is 4.79 Å². The third kappa shape index (κ3) is 3.43. The van der Waals surface area contributed by atoms with Crippen molar-refractivity contribution < 1.29 is 19.1 Å². The van der Waals surface area contributed by atoms with Crippen molar-refractivity contribution in [1.29, 1.82) is 0 Å². The van der Waals surface area contributed by atoms with E-state index in [-0.39, 0.29) is 17.6 Å². The molecule has 3 heterocycles. The van der Waals surface area contributed by atoms with Gasteiger partial charge in [0.2, 0.25) is 0 Å². The molecule has 0 aliphatic carbocycles. The normalized spacial score (nSPS) is 27.8. The minimum atomic E-state index is -1.19. The highest BCUT2D eigenvalue weighted by Gasteiger charge is 2.74. The molecule has 2 fully saturated rings. The van der Waals surface area contributed by atoms with Gasteiger partial charge in [0.05, 0.1) is 19.6 Å². The molecule has 2 saturated heterocycles. The summed E-state index contributed by atoms with van der Waals surface area (Å²) in [6.07, 6.45) is 1.93. The Hall–Kier alpha value is -3.94. The van der Waals surface area contributed by atoms with Crippen molar-refractivity contribution in [3.8, 4) is 11.5 Å². The number of rotatable bonds is 4. The summed E-state index contributed by atoms with van der Waals surface area (Å²) in [6, 6.07) is 23.3. The lowest BCUT2D eigenvalue weighted by molar-refractivity contribution is -0.146. The van der Waals surface area contributed by atoms with E-state index in [0.717, 1.165) is 28.1 Å². The number of benzene rings is 3. The molecule has 1 amide bonds. The van der Waals surface area contributed by atoms with E-state index < -0.39 is 11.0 Å². The number of carbonyl (C=O) groups excluding carboxylic acids is 2. The standard InChI is InChI=1S/C32H33N3O4/c1-34-18-22(17-21-11-5-9-15-27(21)38-3)29(36)31(20-34)25(23-12-6-10-16-28(23)39-4)19-35(2)32(31)24-13-7-8-14-26(24)33-30(32)37/h5-17,25H,18-20H2,1-4H3,(H,33,37)/b22-17+/t25-,31+,32+/m1/s1. The number of piperidine rings is 1. The molecule has 3 aliphatic rings. The highest BCUT2D eigenvalue weighted by atomic mass is 16.5. The Morgan fingerprint density at radius 2 is 1.56 bits per heavy atom. The van der Waals surface area contributed by atoms with Crippen LogP contribution in [0.2, 0.25) is 0 Å². The fourth-order valence-corrected chi connectivity index (χ4v) is 7.38. The smallest absolute Gasteiger partial charge is 0.250 e. The zero-order valence-corrected chi connectivity index (χ0v) is 22.7. The molecule has 0 radical (unpaired) electrons. The Bertz CT molecular complexity index is 1500. The quantitative estimate of drug-likeness (QED) is 0.518. The van der Waals surface area contributed by atoms with E-state index in [0.29, 0.717) is 31.0 Å². The molecule has 200 valence electrons. The lowest BCUT2D eigenvalue weighted by Gasteiger charge is -2.50. The molecule has 2 spiro atoms. The maximum Gasteiger partial charge on any atom is 0.250 e. The summed E-state index contributed by atoms with van der Waals surface area (Å²) in [4.78, 5) is 33.7. The third-order valence-corrected chi connectivity index (χ3v) is 8.80. The first-order valence-corrected chi connectivity index (χ1v) is 13.2. The Kier molecular flexibility index (Phi) is 6.08. The molecule has 1 N–H and O–H groups in total. The van der Waals surface area contributed by atoms with Crippen molar-refractivity contribution in [3.63, 3.8) is 0 Å². The molecular weight excluding hydrogens is 490 g/mol. The third-order valence-electron chi connectivity index (χ3n) is 8.80. The van der Waals surface area contributed by atoms with Gasteiger partial charge in [-0.25, -0.2) is 0 Å². The van der Waals surface area contributed by atoms with E-state index in [1.807, 2.05) is 93.0 Å². The first-order chi connectivity index (χ1) is 18.9. The molecule has 6 rings (SSSR count). The van der Waals surface area contributed by atoms with Gasteiger partial charge in [0, 0.05) is 47.9 Å². The van der Waals surface area contributed by atoms with Crippen LogP contribution in [0.15, 0.2) is 78.4 Å². The Morgan fingerprint density at radius 3 is 2.33 bits per heavy atom. The predicted molar refractivity (Wildman–Crippen MR) is 151 cm³/mol. The van der Waals surface area contributed by atoms with Gasteiger partial charge in [-0.2, -0.15) is 0 Å². The summed E-state index contributed by atoms with van der Waals surface area (Å²) < 4.78 is 11.4. The van der Waals surface area contributed by atoms with Gasteiger partial charge in [-0.3, -0.25) is 14.5 Å². The molecule has 7 heteroatoms. The summed E-state index contributed by atoms with van der Waals surface area (Å²) in [6.45, 7) is 1.41. The zero-order chi connectivity index (χ0) is 27.4. The maximum atomic E-state index is 15.2. The van der Waals surface area contributed by atoms with Crippen LogP contribution < -0.4 is 14.8 Å². The molecule has 7 nitrogen and oxygen atoms in total. The number of nitrogens with zero attached hydrogens (tertiary/aromatic N) is 2. The number of anilines is 1. The number of hydrogen-bond donors (Lipinski definition) is 1. The van der Waals surface area contributed by atoms with Crippen LogP contribution in [0.3, 0.4) is 0 Å². The van der Waals surface area contributed by atoms with E-state index in [9.17, 15) is 4.79 Å². The number of fused-ring (bicyclic) bond motifs is 3. The van der Waals surface area contributed by atoms with Gasteiger partial charge >= 0.3 is 0 Å². The van der Waals surface area contributed by atoms with E-state index in [1.54, 1.807) is 14.2 Å². The predicted octanol–water partition coefficient (Wildman–Crippen LogP) is 4.16. The number of ether oxygens (including phenoxy) is 2. The van der Waals surface area contributed by atoms with E-state index in [2.05, 4.69) is 15.1 Å². The van der Waals surface area contributed by atoms with Gasteiger partial charge in [0.1, 0.15) is 17.0 Å². The summed E-state index contributed by atoms with van der Waals surface area (Å²) in [5.74, 6) is 0.938. The minimum absolute atomic E-state index is 0.0152. The summed E-state index contributed by atoms with van der Waals surface area (Å²) in [7, 11) is 7.27. The van der Waals surface area contributed by atoms with Crippen LogP contribution in [0.4, 0.5) is 5.69 Å². The minimum Gasteiger partial charge on any atom is -0.496 e. The number of ketones is 1. The second kappa shape index (κ2) is 9.36. The zero-order valence-electron chi connectivity index (χ0n) is 22.7. The number of nitrogens with one attached hydrogen (secondary N) is 1. The van der Waals surface area contributed by atoms with Gasteiger partial charge < -0.3 is 19.7 Å². The molecule has 0 unspecified atom stereocenters. The molecule has 39 heavy (non-hydrogen) atoms. The molecule has 3 aromatic rings.